The first-order chi connectivity index (χ1) is 20.1. The summed E-state index contributed by atoms with van der Waals surface area (Å²) in [5.74, 6) is -1.18. The third kappa shape index (κ3) is 12.0. The quantitative estimate of drug-likeness (QED) is 0.101. The van der Waals surface area contributed by atoms with Crippen molar-refractivity contribution in [3.05, 3.63) is 84.1 Å². The van der Waals surface area contributed by atoms with Crippen LogP contribution in [0.15, 0.2) is 72.8 Å². The van der Waals surface area contributed by atoms with E-state index in [9.17, 15) is 14.7 Å². The van der Waals surface area contributed by atoms with Crippen molar-refractivity contribution in [2.24, 2.45) is 0 Å². The van der Waals surface area contributed by atoms with Crippen molar-refractivity contribution >= 4 is 22.8 Å². The normalized spacial score (nSPS) is 12.2. The fourth-order valence-corrected chi connectivity index (χ4v) is 5.42. The fraction of sp³-hybridized carbons (Fsp3) is 0.500. The largest absolute Gasteiger partial charge is 0.480 e. The predicted molar refractivity (Wildman–Crippen MR) is 170 cm³/mol. The number of carbonyl (C=O) groups excluding carboxylic acids is 1. The van der Waals surface area contributed by atoms with E-state index in [1.54, 1.807) is 0 Å². The summed E-state index contributed by atoms with van der Waals surface area (Å²) in [5, 5.41) is 13.8. The molecule has 0 aliphatic rings. The van der Waals surface area contributed by atoms with Gasteiger partial charge in [0, 0.05) is 30.6 Å². The van der Waals surface area contributed by atoms with E-state index >= 15 is 0 Å². The van der Waals surface area contributed by atoms with Crippen LogP contribution in [0, 0.1) is 0 Å². The molecule has 41 heavy (non-hydrogen) atoms. The Balaban J connectivity index is 1.37. The third-order valence-electron chi connectivity index (χ3n) is 7.79. The van der Waals surface area contributed by atoms with Gasteiger partial charge in [-0.25, -0.2) is 4.79 Å². The number of hydrogen-bond acceptors (Lipinski definition) is 2. The number of nitrogens with zero attached hydrogens (tertiary/aromatic N) is 1. The molecule has 0 saturated carbocycles. The number of carbonyl (C=O) groups is 2. The van der Waals surface area contributed by atoms with Crippen molar-refractivity contribution < 1.29 is 14.7 Å². The van der Waals surface area contributed by atoms with Crippen LogP contribution in [0.3, 0.4) is 0 Å². The molecule has 0 bridgehead atoms. The highest BCUT2D eigenvalue weighted by Gasteiger charge is 2.23. The number of para-hydroxylation sites is 1. The van der Waals surface area contributed by atoms with Gasteiger partial charge in [-0.2, -0.15) is 0 Å². The number of amides is 1. The lowest BCUT2D eigenvalue weighted by molar-refractivity contribution is -0.141. The van der Waals surface area contributed by atoms with Crippen molar-refractivity contribution in [2.45, 2.75) is 116 Å². The average molecular weight is 559 g/mol. The summed E-state index contributed by atoms with van der Waals surface area (Å²) in [5.41, 5.74) is 3.12. The average Bonchev–Trinajstić information content (AvgIpc) is 3.31. The molecule has 1 atom stereocenters. The van der Waals surface area contributed by atoms with E-state index in [4.69, 9.17) is 0 Å². The van der Waals surface area contributed by atoms with Crippen molar-refractivity contribution in [1.29, 1.82) is 0 Å². The summed E-state index contributed by atoms with van der Waals surface area (Å²) in [4.78, 5) is 24.7. The van der Waals surface area contributed by atoms with E-state index in [0.717, 1.165) is 47.8 Å². The zero-order valence-electron chi connectivity index (χ0n) is 25.0. The van der Waals surface area contributed by atoms with Gasteiger partial charge in [0.2, 0.25) is 5.91 Å². The molecule has 0 aliphatic carbocycles. The second-order valence-electron chi connectivity index (χ2n) is 11.3. The van der Waals surface area contributed by atoms with Gasteiger partial charge in [0.15, 0.2) is 0 Å². The highest BCUT2D eigenvalue weighted by molar-refractivity contribution is 5.85. The van der Waals surface area contributed by atoms with Crippen molar-refractivity contribution in [1.82, 2.24) is 9.88 Å². The second-order valence-corrected chi connectivity index (χ2v) is 11.3. The van der Waals surface area contributed by atoms with Gasteiger partial charge < -0.3 is 15.0 Å². The number of carboxylic acid groups (broad SMARTS) is 1. The fourth-order valence-electron chi connectivity index (χ4n) is 5.42. The molecule has 1 aromatic heterocycles. The van der Waals surface area contributed by atoms with Gasteiger partial charge in [0.25, 0.3) is 0 Å². The molecule has 0 fully saturated rings. The van der Waals surface area contributed by atoms with Crippen LogP contribution in [0.4, 0.5) is 0 Å². The second kappa shape index (κ2) is 18.9. The first kappa shape index (κ1) is 32.2. The molecule has 0 aliphatic heterocycles. The van der Waals surface area contributed by atoms with Crippen LogP contribution in [-0.2, 0) is 22.6 Å². The maximum atomic E-state index is 12.6. The predicted octanol–water partition coefficient (Wildman–Crippen LogP) is 8.84. The molecular formula is C36H50N2O3. The Hall–Kier alpha value is -3.34. The van der Waals surface area contributed by atoms with Crippen molar-refractivity contribution in [3.8, 4) is 0 Å². The molecule has 1 heterocycles. The lowest BCUT2D eigenvalue weighted by Crippen LogP contribution is -2.42. The van der Waals surface area contributed by atoms with Gasteiger partial charge in [-0.3, -0.25) is 4.79 Å². The van der Waals surface area contributed by atoms with E-state index in [1.165, 1.54) is 57.8 Å². The minimum atomic E-state index is -1.00. The number of rotatable bonds is 21. The molecule has 5 heteroatoms. The van der Waals surface area contributed by atoms with Gasteiger partial charge in [0.05, 0.1) is 0 Å². The molecule has 3 aromatic rings. The number of aromatic nitrogens is 1. The SMILES string of the molecule is CCCCCCCC/C=C/CCCCCCCC(=O)NC(Cc1cc2ccccc2n1Cc1ccccc1)C(=O)O. The maximum absolute atomic E-state index is 12.6. The summed E-state index contributed by atoms with van der Waals surface area (Å²) >= 11 is 0. The molecule has 2 aromatic carbocycles. The number of hydrogen-bond donors (Lipinski definition) is 2. The zero-order chi connectivity index (χ0) is 29.1. The van der Waals surface area contributed by atoms with Gasteiger partial charge >= 0.3 is 5.97 Å². The Morgan fingerprint density at radius 2 is 1.41 bits per heavy atom. The highest BCUT2D eigenvalue weighted by atomic mass is 16.4. The van der Waals surface area contributed by atoms with Crippen LogP contribution in [0.5, 0.6) is 0 Å². The molecule has 222 valence electrons. The Labute approximate surface area is 247 Å². The monoisotopic (exact) mass is 558 g/mol. The molecule has 0 saturated heterocycles. The lowest BCUT2D eigenvalue weighted by atomic mass is 10.1. The van der Waals surface area contributed by atoms with Gasteiger partial charge in [-0.05, 0) is 55.2 Å². The zero-order valence-corrected chi connectivity index (χ0v) is 25.0. The number of allylic oxidation sites excluding steroid dienone is 2. The highest BCUT2D eigenvalue weighted by Crippen LogP contribution is 2.23. The minimum absolute atomic E-state index is 0.180. The standard InChI is InChI=1S/C36H50N2O3/c1-2-3-4-5-6-7-8-9-10-11-12-13-14-15-19-26-35(39)37-33(36(40)41)28-32-27-31-24-20-21-25-34(31)38(32)29-30-22-17-16-18-23-30/h9-10,16-18,20-25,27,33H,2-8,11-15,19,26,28-29H2,1H3,(H,37,39)(H,40,41)/b10-9+. The van der Waals surface area contributed by atoms with Crippen molar-refractivity contribution in [3.63, 3.8) is 0 Å². The first-order valence-corrected chi connectivity index (χ1v) is 15.9. The number of fused-ring (bicyclic) bond motifs is 1. The Morgan fingerprint density at radius 3 is 2.10 bits per heavy atom. The summed E-state index contributed by atoms with van der Waals surface area (Å²) < 4.78 is 2.16. The summed E-state index contributed by atoms with van der Waals surface area (Å²) in [7, 11) is 0. The Bertz CT molecular complexity index is 1200. The van der Waals surface area contributed by atoms with Crippen LogP contribution >= 0.6 is 0 Å². The van der Waals surface area contributed by atoms with E-state index in [-0.39, 0.29) is 12.3 Å². The van der Waals surface area contributed by atoms with E-state index in [2.05, 4.69) is 47.2 Å². The number of unbranched alkanes of at least 4 members (excludes halogenated alkanes) is 11. The van der Waals surface area contributed by atoms with Crippen LogP contribution in [-0.4, -0.2) is 27.6 Å². The topological polar surface area (TPSA) is 71.3 Å². The summed E-state index contributed by atoms with van der Waals surface area (Å²) in [6.45, 7) is 2.91. The Kier molecular flexibility index (Phi) is 14.8. The molecule has 0 spiro atoms. The molecular weight excluding hydrogens is 508 g/mol. The van der Waals surface area contributed by atoms with E-state index in [1.807, 2.05) is 42.5 Å². The number of carboxylic acids is 1. The van der Waals surface area contributed by atoms with Gasteiger partial charge in [0.1, 0.15) is 6.04 Å². The molecule has 5 nitrogen and oxygen atoms in total. The third-order valence-corrected chi connectivity index (χ3v) is 7.79. The van der Waals surface area contributed by atoms with Crippen molar-refractivity contribution in [2.75, 3.05) is 0 Å². The molecule has 3 rings (SSSR count). The minimum Gasteiger partial charge on any atom is -0.480 e. The van der Waals surface area contributed by atoms with Crippen LogP contribution < -0.4 is 5.32 Å². The summed E-state index contributed by atoms with van der Waals surface area (Å²) in [6, 6.07) is 19.3. The first-order valence-electron chi connectivity index (χ1n) is 15.9. The smallest absolute Gasteiger partial charge is 0.326 e. The molecule has 2 N–H and O–H groups in total. The van der Waals surface area contributed by atoms with Crippen LogP contribution in [0.25, 0.3) is 10.9 Å². The summed E-state index contributed by atoms with van der Waals surface area (Å²) in [6.07, 6.45) is 21.0. The lowest BCUT2D eigenvalue weighted by Gasteiger charge is -2.17. The molecule has 1 unspecified atom stereocenters. The maximum Gasteiger partial charge on any atom is 0.326 e. The molecule has 0 radical (unpaired) electrons. The number of nitrogens with one attached hydrogen (secondary N) is 1. The van der Waals surface area contributed by atoms with E-state index < -0.39 is 12.0 Å². The van der Waals surface area contributed by atoms with E-state index in [0.29, 0.717) is 13.0 Å². The van der Waals surface area contributed by atoms with Gasteiger partial charge in [-0.15, -0.1) is 0 Å². The Morgan fingerprint density at radius 1 is 0.805 bits per heavy atom. The van der Waals surface area contributed by atoms with Gasteiger partial charge in [-0.1, -0.05) is 119 Å². The number of aliphatic carboxylic acids is 1. The molecule has 1 amide bonds. The van der Waals surface area contributed by atoms with Crippen LogP contribution in [0.2, 0.25) is 0 Å². The van der Waals surface area contributed by atoms with Crippen LogP contribution in [0.1, 0.15) is 108 Å². The number of benzene rings is 2.